The molecule has 1 aromatic heterocycles. The molecule has 8 heteroatoms. The minimum atomic E-state index is -0.947. The van der Waals surface area contributed by atoms with Crippen LogP contribution in [0.15, 0.2) is 53.3 Å². The fraction of sp³-hybridized carbons (Fsp3) is 0.409. The molecule has 1 fully saturated rings. The highest BCUT2D eigenvalue weighted by Crippen LogP contribution is 2.42. The molecule has 4 rings (SSSR count). The predicted molar refractivity (Wildman–Crippen MR) is 108 cm³/mol. The Bertz CT molecular complexity index is 975. The van der Waals surface area contributed by atoms with Gasteiger partial charge in [-0.15, -0.1) is 0 Å². The molecule has 0 aromatic carbocycles. The molecule has 3 aliphatic rings. The summed E-state index contributed by atoms with van der Waals surface area (Å²) in [5.41, 5.74) is 5.93. The lowest BCUT2D eigenvalue weighted by Gasteiger charge is -2.39. The number of pyridine rings is 1. The van der Waals surface area contributed by atoms with Gasteiger partial charge in [0.1, 0.15) is 23.7 Å². The Hall–Kier alpha value is -3.29. The smallest absolute Gasteiger partial charge is 0.252 e. The van der Waals surface area contributed by atoms with E-state index in [9.17, 15) is 9.59 Å². The second-order valence-electron chi connectivity index (χ2n) is 7.75. The number of nitrogens with two attached hydrogens (primary N) is 1. The number of ether oxygens (including phenoxy) is 3. The van der Waals surface area contributed by atoms with E-state index in [4.69, 9.17) is 19.9 Å². The lowest BCUT2D eigenvalue weighted by molar-refractivity contribution is -0.133. The average molecular weight is 411 g/mol. The summed E-state index contributed by atoms with van der Waals surface area (Å²) in [5, 5.41) is 2.86. The van der Waals surface area contributed by atoms with Crippen molar-refractivity contribution in [1.82, 2.24) is 10.3 Å². The Morgan fingerprint density at radius 3 is 2.83 bits per heavy atom. The van der Waals surface area contributed by atoms with Crippen LogP contribution in [0.4, 0.5) is 0 Å². The van der Waals surface area contributed by atoms with E-state index in [1.807, 2.05) is 24.3 Å². The molecular formula is C22H25N3O5. The minimum Gasteiger partial charge on any atom is -0.493 e. The van der Waals surface area contributed by atoms with Crippen molar-refractivity contribution in [2.45, 2.75) is 44.8 Å². The molecule has 0 radical (unpaired) electrons. The van der Waals surface area contributed by atoms with Crippen molar-refractivity contribution in [3.8, 4) is 5.88 Å². The number of carbonyl (C=O) groups is 2. The van der Waals surface area contributed by atoms with Crippen molar-refractivity contribution in [2.24, 2.45) is 11.7 Å². The molecule has 158 valence electrons. The molecule has 0 bridgehead atoms. The van der Waals surface area contributed by atoms with Crippen molar-refractivity contribution < 1.29 is 23.8 Å². The molecule has 8 nitrogen and oxygen atoms in total. The number of rotatable bonds is 7. The predicted octanol–water partition coefficient (Wildman–Crippen LogP) is 2.22. The summed E-state index contributed by atoms with van der Waals surface area (Å²) in [6, 6.07) is 3.71. The molecule has 2 amide bonds. The molecule has 3 N–H and O–H groups in total. The standard InChI is InChI=1S/C22H25N3O5/c1-13-18(19(26)25-22(21(23)27)8-4-9-22)16-11-15(6-7-17(16)30-13)29-12-14-5-3-10-24-20(14)28-2/h3,5-7,10,16H,4,8-9,11-12H2,1-2H3,(H2,23,27)(H,25,26). The molecule has 0 spiro atoms. The quantitative estimate of drug-likeness (QED) is 0.711. The number of primary amides is 1. The van der Waals surface area contributed by atoms with Gasteiger partial charge in [0.05, 0.1) is 29.9 Å². The molecule has 2 heterocycles. The number of carbonyl (C=O) groups excluding carboxylic acids is 2. The first-order chi connectivity index (χ1) is 14.4. The van der Waals surface area contributed by atoms with Gasteiger partial charge in [-0.05, 0) is 50.5 Å². The van der Waals surface area contributed by atoms with Crippen molar-refractivity contribution in [3.05, 3.63) is 58.9 Å². The summed E-state index contributed by atoms with van der Waals surface area (Å²) in [6.07, 6.45) is 7.81. The lowest BCUT2D eigenvalue weighted by atomic mass is 9.75. The summed E-state index contributed by atoms with van der Waals surface area (Å²) in [7, 11) is 1.57. The Morgan fingerprint density at radius 1 is 1.37 bits per heavy atom. The summed E-state index contributed by atoms with van der Waals surface area (Å²) in [5.74, 6) is 1.42. The number of fused-ring (bicyclic) bond motifs is 1. The zero-order valence-corrected chi connectivity index (χ0v) is 17.1. The second-order valence-corrected chi connectivity index (χ2v) is 7.75. The summed E-state index contributed by atoms with van der Waals surface area (Å²) in [4.78, 5) is 29.0. The fourth-order valence-corrected chi connectivity index (χ4v) is 4.05. The largest absolute Gasteiger partial charge is 0.493 e. The first-order valence-corrected chi connectivity index (χ1v) is 9.96. The van der Waals surface area contributed by atoms with E-state index in [2.05, 4.69) is 10.3 Å². The van der Waals surface area contributed by atoms with Gasteiger partial charge < -0.3 is 25.3 Å². The average Bonchev–Trinajstić information content (AvgIpc) is 3.04. The Balaban J connectivity index is 1.45. The maximum Gasteiger partial charge on any atom is 0.252 e. The molecule has 1 aromatic rings. The molecule has 2 aliphatic carbocycles. The van der Waals surface area contributed by atoms with Crippen LogP contribution in [-0.2, 0) is 25.7 Å². The van der Waals surface area contributed by atoms with Gasteiger partial charge in [0.15, 0.2) is 0 Å². The lowest BCUT2D eigenvalue weighted by Crippen LogP contribution is -2.62. The van der Waals surface area contributed by atoms with E-state index < -0.39 is 11.4 Å². The van der Waals surface area contributed by atoms with E-state index in [1.165, 1.54) is 0 Å². The topological polar surface area (TPSA) is 113 Å². The maximum absolute atomic E-state index is 13.0. The zero-order valence-electron chi connectivity index (χ0n) is 17.1. The van der Waals surface area contributed by atoms with Crippen LogP contribution in [0.2, 0.25) is 0 Å². The number of nitrogens with one attached hydrogen (secondary N) is 1. The highest BCUT2D eigenvalue weighted by atomic mass is 16.5. The second kappa shape index (κ2) is 7.85. The molecule has 0 saturated heterocycles. The maximum atomic E-state index is 13.0. The van der Waals surface area contributed by atoms with Crippen LogP contribution < -0.4 is 15.8 Å². The van der Waals surface area contributed by atoms with Crippen LogP contribution in [-0.4, -0.2) is 29.4 Å². The van der Waals surface area contributed by atoms with Crippen LogP contribution in [0.1, 0.15) is 38.2 Å². The molecular weight excluding hydrogens is 386 g/mol. The van der Waals surface area contributed by atoms with Gasteiger partial charge >= 0.3 is 0 Å². The number of amides is 2. The van der Waals surface area contributed by atoms with Gasteiger partial charge in [0.25, 0.3) is 5.91 Å². The van der Waals surface area contributed by atoms with Crippen LogP contribution >= 0.6 is 0 Å². The van der Waals surface area contributed by atoms with Crippen molar-refractivity contribution in [2.75, 3.05) is 7.11 Å². The Labute approximate surface area is 174 Å². The Morgan fingerprint density at radius 2 is 2.17 bits per heavy atom. The van der Waals surface area contributed by atoms with Gasteiger partial charge in [0, 0.05) is 12.6 Å². The molecule has 1 aliphatic heterocycles. The first kappa shape index (κ1) is 20.0. The third kappa shape index (κ3) is 3.53. The van der Waals surface area contributed by atoms with E-state index >= 15 is 0 Å². The molecule has 1 atom stereocenters. The highest BCUT2D eigenvalue weighted by molar-refractivity contribution is 6.00. The molecule has 1 saturated carbocycles. The van der Waals surface area contributed by atoms with E-state index in [-0.39, 0.29) is 11.8 Å². The number of aromatic nitrogens is 1. The van der Waals surface area contributed by atoms with Crippen molar-refractivity contribution >= 4 is 11.8 Å². The third-order valence-corrected chi connectivity index (χ3v) is 5.91. The number of hydrogen-bond acceptors (Lipinski definition) is 6. The number of allylic oxidation sites excluding steroid dienone is 5. The SMILES string of the molecule is COc1ncccc1COC1=CC=C2OC(C)=C(C(=O)NC3(C(N)=O)CCC3)C2C1. The monoisotopic (exact) mass is 411 g/mol. The number of methoxy groups -OCH3 is 1. The van der Waals surface area contributed by atoms with Crippen LogP contribution in [0.5, 0.6) is 5.88 Å². The summed E-state index contributed by atoms with van der Waals surface area (Å²) in [6.45, 7) is 2.06. The van der Waals surface area contributed by atoms with Crippen LogP contribution in [0.3, 0.4) is 0 Å². The fourth-order valence-electron chi connectivity index (χ4n) is 4.05. The van der Waals surface area contributed by atoms with Crippen molar-refractivity contribution in [3.63, 3.8) is 0 Å². The number of hydrogen-bond donors (Lipinski definition) is 2. The normalized spacial score (nSPS) is 21.5. The van der Waals surface area contributed by atoms with E-state index in [1.54, 1.807) is 20.2 Å². The highest BCUT2D eigenvalue weighted by Gasteiger charge is 2.46. The van der Waals surface area contributed by atoms with Gasteiger partial charge in [-0.1, -0.05) is 0 Å². The summed E-state index contributed by atoms with van der Waals surface area (Å²) >= 11 is 0. The van der Waals surface area contributed by atoms with Gasteiger partial charge in [-0.3, -0.25) is 9.59 Å². The molecule has 1 unspecified atom stereocenters. The van der Waals surface area contributed by atoms with E-state index in [0.717, 1.165) is 17.7 Å². The minimum absolute atomic E-state index is 0.259. The first-order valence-electron chi connectivity index (χ1n) is 9.96. The number of nitrogens with zero attached hydrogens (tertiary/aromatic N) is 1. The molecule has 30 heavy (non-hydrogen) atoms. The third-order valence-electron chi connectivity index (χ3n) is 5.91. The summed E-state index contributed by atoms with van der Waals surface area (Å²) < 4.78 is 17.0. The zero-order chi connectivity index (χ0) is 21.3. The van der Waals surface area contributed by atoms with Gasteiger partial charge in [0.2, 0.25) is 11.8 Å². The van der Waals surface area contributed by atoms with E-state index in [0.29, 0.717) is 48.8 Å². The Kier molecular flexibility index (Phi) is 5.24. The van der Waals surface area contributed by atoms with Gasteiger partial charge in [-0.2, -0.15) is 0 Å². The van der Waals surface area contributed by atoms with Crippen LogP contribution in [0.25, 0.3) is 0 Å². The van der Waals surface area contributed by atoms with Gasteiger partial charge in [-0.25, -0.2) is 4.98 Å². The van der Waals surface area contributed by atoms with Crippen molar-refractivity contribution in [1.29, 1.82) is 0 Å². The van der Waals surface area contributed by atoms with Crippen LogP contribution in [0, 0.1) is 5.92 Å².